The predicted octanol–water partition coefficient (Wildman–Crippen LogP) is -0.115. The minimum absolute atomic E-state index is 0.0169. The largest absolute Gasteiger partial charge is 0.328 e. The summed E-state index contributed by atoms with van der Waals surface area (Å²) in [6, 6.07) is 2.42. The highest BCUT2D eigenvalue weighted by atomic mass is 32.2. The van der Waals surface area contributed by atoms with E-state index in [1.807, 2.05) is 0 Å². The van der Waals surface area contributed by atoms with Crippen LogP contribution in [0.15, 0.2) is 34.2 Å². The number of rotatable bonds is 4. The first-order chi connectivity index (χ1) is 8.49. The van der Waals surface area contributed by atoms with E-state index >= 15 is 0 Å². The van der Waals surface area contributed by atoms with Crippen LogP contribution in [0, 0.1) is 6.92 Å². The highest BCUT2D eigenvalue weighted by Gasteiger charge is 2.14. The summed E-state index contributed by atoms with van der Waals surface area (Å²) in [5.41, 5.74) is 1.22. The van der Waals surface area contributed by atoms with Gasteiger partial charge in [-0.3, -0.25) is 9.89 Å². The first-order valence-corrected chi connectivity index (χ1v) is 6.64. The van der Waals surface area contributed by atoms with Crippen LogP contribution in [-0.4, -0.2) is 23.6 Å². The maximum Gasteiger partial charge on any atom is 0.247 e. The Bertz CT molecular complexity index is 681. The smallest absolute Gasteiger partial charge is 0.247 e. The van der Waals surface area contributed by atoms with Crippen molar-refractivity contribution in [2.45, 2.75) is 18.4 Å². The SMILES string of the molecule is Cc1[nH]ncc1CNS(=O)(=O)c1ccc(=O)[nH]c1. The summed E-state index contributed by atoms with van der Waals surface area (Å²) in [5.74, 6) is 0. The number of H-pyrrole nitrogens is 2. The average Bonchev–Trinajstić information content (AvgIpc) is 2.73. The molecule has 2 aromatic heterocycles. The lowest BCUT2D eigenvalue weighted by Crippen LogP contribution is -2.24. The third-order valence-corrected chi connectivity index (χ3v) is 3.85. The summed E-state index contributed by atoms with van der Waals surface area (Å²) in [6.07, 6.45) is 2.72. The maximum absolute atomic E-state index is 11.9. The van der Waals surface area contributed by atoms with Crippen LogP contribution >= 0.6 is 0 Å². The van der Waals surface area contributed by atoms with Gasteiger partial charge in [0.05, 0.1) is 11.1 Å². The van der Waals surface area contributed by atoms with Crippen LogP contribution in [0.2, 0.25) is 0 Å². The summed E-state index contributed by atoms with van der Waals surface area (Å²) >= 11 is 0. The second-order valence-electron chi connectivity index (χ2n) is 3.73. The van der Waals surface area contributed by atoms with Crippen molar-refractivity contribution in [3.05, 3.63) is 46.1 Å². The molecule has 96 valence electrons. The normalized spacial score (nSPS) is 11.6. The van der Waals surface area contributed by atoms with Gasteiger partial charge in [-0.25, -0.2) is 13.1 Å². The zero-order chi connectivity index (χ0) is 13.2. The molecule has 0 fully saturated rings. The number of hydrogen-bond donors (Lipinski definition) is 3. The Morgan fingerprint density at radius 3 is 2.72 bits per heavy atom. The van der Waals surface area contributed by atoms with E-state index in [4.69, 9.17) is 0 Å². The molecular weight excluding hydrogens is 256 g/mol. The molecule has 0 unspecified atom stereocenters. The fourth-order valence-corrected chi connectivity index (χ4v) is 2.35. The Morgan fingerprint density at radius 2 is 2.17 bits per heavy atom. The molecule has 0 atom stereocenters. The van der Waals surface area contributed by atoms with Crippen LogP contribution in [0.1, 0.15) is 11.3 Å². The Labute approximate surface area is 103 Å². The van der Waals surface area contributed by atoms with Crippen molar-refractivity contribution in [3.63, 3.8) is 0 Å². The number of pyridine rings is 1. The quantitative estimate of drug-likeness (QED) is 0.718. The first kappa shape index (κ1) is 12.5. The van der Waals surface area contributed by atoms with Crippen molar-refractivity contribution < 1.29 is 8.42 Å². The van der Waals surface area contributed by atoms with E-state index in [1.165, 1.54) is 6.07 Å². The molecule has 18 heavy (non-hydrogen) atoms. The predicted molar refractivity (Wildman–Crippen MR) is 64.4 cm³/mol. The molecule has 0 bridgehead atoms. The monoisotopic (exact) mass is 268 g/mol. The molecule has 0 amide bonds. The summed E-state index contributed by atoms with van der Waals surface area (Å²) in [5, 5.41) is 6.52. The molecule has 0 radical (unpaired) electrons. The van der Waals surface area contributed by atoms with Crippen molar-refractivity contribution in [2.24, 2.45) is 0 Å². The van der Waals surface area contributed by atoms with Crippen LogP contribution in [0.4, 0.5) is 0 Å². The minimum Gasteiger partial charge on any atom is -0.328 e. The number of sulfonamides is 1. The van der Waals surface area contributed by atoms with Gasteiger partial charge in [-0.15, -0.1) is 0 Å². The van der Waals surface area contributed by atoms with E-state index in [0.717, 1.165) is 23.5 Å². The van der Waals surface area contributed by atoms with Crippen molar-refractivity contribution in [3.8, 4) is 0 Å². The molecule has 0 saturated carbocycles. The average molecular weight is 268 g/mol. The zero-order valence-corrected chi connectivity index (χ0v) is 10.4. The molecule has 0 saturated heterocycles. The molecule has 2 aromatic rings. The van der Waals surface area contributed by atoms with Gasteiger partial charge in [0.25, 0.3) is 0 Å². The van der Waals surface area contributed by atoms with Crippen molar-refractivity contribution in [2.75, 3.05) is 0 Å². The number of aromatic amines is 2. The van der Waals surface area contributed by atoms with E-state index in [-0.39, 0.29) is 17.0 Å². The second-order valence-corrected chi connectivity index (χ2v) is 5.50. The third kappa shape index (κ3) is 2.66. The number of nitrogens with one attached hydrogen (secondary N) is 3. The first-order valence-electron chi connectivity index (χ1n) is 5.16. The molecule has 0 spiro atoms. The maximum atomic E-state index is 11.9. The lowest BCUT2D eigenvalue weighted by molar-refractivity contribution is 0.580. The van der Waals surface area contributed by atoms with Crippen molar-refractivity contribution in [1.29, 1.82) is 0 Å². The van der Waals surface area contributed by atoms with Crippen LogP contribution in [0.25, 0.3) is 0 Å². The molecule has 2 rings (SSSR count). The van der Waals surface area contributed by atoms with Gasteiger partial charge in [0.2, 0.25) is 15.6 Å². The van der Waals surface area contributed by atoms with E-state index in [9.17, 15) is 13.2 Å². The molecule has 0 aliphatic carbocycles. The summed E-state index contributed by atoms with van der Waals surface area (Å²) in [4.78, 5) is 13.2. The Hall–Kier alpha value is -1.93. The summed E-state index contributed by atoms with van der Waals surface area (Å²) < 4.78 is 26.2. The highest BCUT2D eigenvalue weighted by Crippen LogP contribution is 2.07. The molecule has 7 nitrogen and oxygen atoms in total. The lowest BCUT2D eigenvalue weighted by atomic mass is 10.3. The van der Waals surface area contributed by atoms with Crippen LogP contribution in [0.3, 0.4) is 0 Å². The van der Waals surface area contributed by atoms with E-state index in [2.05, 4.69) is 19.9 Å². The van der Waals surface area contributed by atoms with Crippen molar-refractivity contribution >= 4 is 10.0 Å². The van der Waals surface area contributed by atoms with Gasteiger partial charge in [-0.2, -0.15) is 5.10 Å². The molecular formula is C10H12N4O3S. The van der Waals surface area contributed by atoms with Crippen molar-refractivity contribution in [1.82, 2.24) is 19.9 Å². The summed E-state index contributed by atoms with van der Waals surface area (Å²) in [7, 11) is -3.63. The number of aryl methyl sites for hydroxylation is 1. The van der Waals surface area contributed by atoms with Gasteiger partial charge < -0.3 is 4.98 Å². The highest BCUT2D eigenvalue weighted by molar-refractivity contribution is 7.89. The number of nitrogens with zero attached hydrogens (tertiary/aromatic N) is 1. The van der Waals surface area contributed by atoms with E-state index < -0.39 is 10.0 Å². The van der Waals surface area contributed by atoms with Gasteiger partial charge >= 0.3 is 0 Å². The molecule has 0 aliphatic heterocycles. The summed E-state index contributed by atoms with van der Waals surface area (Å²) in [6.45, 7) is 1.94. The number of aromatic nitrogens is 3. The fourth-order valence-electron chi connectivity index (χ4n) is 1.37. The van der Waals surface area contributed by atoms with Gasteiger partial charge in [0.15, 0.2) is 0 Å². The zero-order valence-electron chi connectivity index (χ0n) is 9.60. The molecule has 8 heteroatoms. The fraction of sp³-hybridized carbons (Fsp3) is 0.200. The third-order valence-electron chi connectivity index (χ3n) is 2.45. The standard InChI is InChI=1S/C10H12N4O3S/c1-7-8(4-12-14-7)5-13-18(16,17)9-2-3-10(15)11-6-9/h2-4,6,13H,5H2,1H3,(H,11,15)(H,12,14). The van der Waals surface area contributed by atoms with Crippen LogP contribution in [-0.2, 0) is 16.6 Å². The topological polar surface area (TPSA) is 108 Å². The molecule has 2 heterocycles. The van der Waals surface area contributed by atoms with Gasteiger partial charge in [-0.05, 0) is 13.0 Å². The van der Waals surface area contributed by atoms with E-state index in [1.54, 1.807) is 13.1 Å². The van der Waals surface area contributed by atoms with Gasteiger partial charge in [-0.1, -0.05) is 0 Å². The Balaban J connectivity index is 2.15. The molecule has 3 N–H and O–H groups in total. The Kier molecular flexibility index (Phi) is 3.30. The minimum atomic E-state index is -3.63. The van der Waals surface area contributed by atoms with Crippen LogP contribution < -0.4 is 10.3 Å². The lowest BCUT2D eigenvalue weighted by Gasteiger charge is -2.05. The second kappa shape index (κ2) is 4.75. The molecule has 0 aromatic carbocycles. The molecule has 0 aliphatic rings. The van der Waals surface area contributed by atoms with Gasteiger partial charge in [0.1, 0.15) is 0 Å². The van der Waals surface area contributed by atoms with Gasteiger partial charge in [0, 0.05) is 30.1 Å². The van der Waals surface area contributed by atoms with Crippen LogP contribution in [0.5, 0.6) is 0 Å². The Morgan fingerprint density at radius 1 is 1.39 bits per heavy atom. The van der Waals surface area contributed by atoms with E-state index in [0.29, 0.717) is 0 Å². The number of hydrogen-bond acceptors (Lipinski definition) is 4.